The monoisotopic (exact) mass is 311 g/mol. The van der Waals surface area contributed by atoms with Crippen molar-refractivity contribution >= 4 is 15.7 Å². The van der Waals surface area contributed by atoms with Crippen LogP contribution in [0.4, 0.5) is 0 Å². The lowest BCUT2D eigenvalue weighted by molar-refractivity contribution is -0.119. The van der Waals surface area contributed by atoms with Crippen LogP contribution in [-0.2, 0) is 25.8 Å². The molecule has 5 nitrogen and oxygen atoms in total. The molecule has 0 saturated carbocycles. The Labute approximate surface area is 125 Å². The molecule has 0 saturated heterocycles. The number of fused-ring (bicyclic) bond motifs is 1. The summed E-state index contributed by atoms with van der Waals surface area (Å²) < 4.78 is 28.2. The third-order valence-electron chi connectivity index (χ3n) is 3.65. The number of amides is 1. The summed E-state index contributed by atoms with van der Waals surface area (Å²) in [5.74, 6) is -1.04. The number of methoxy groups -OCH3 is 1. The Morgan fingerprint density at radius 1 is 1.38 bits per heavy atom. The van der Waals surface area contributed by atoms with Crippen molar-refractivity contribution in [2.24, 2.45) is 0 Å². The van der Waals surface area contributed by atoms with Crippen LogP contribution in [0.5, 0.6) is 0 Å². The summed E-state index contributed by atoms with van der Waals surface area (Å²) in [6, 6.07) is 7.90. The van der Waals surface area contributed by atoms with Crippen molar-refractivity contribution < 1.29 is 17.9 Å². The summed E-state index contributed by atoms with van der Waals surface area (Å²) >= 11 is 0. The Balaban J connectivity index is 1.98. The van der Waals surface area contributed by atoms with E-state index in [9.17, 15) is 13.2 Å². The summed E-state index contributed by atoms with van der Waals surface area (Å²) in [4.78, 5) is 12.0. The van der Waals surface area contributed by atoms with E-state index in [4.69, 9.17) is 4.74 Å². The van der Waals surface area contributed by atoms with Crippen molar-refractivity contribution in [1.29, 1.82) is 0 Å². The lowest BCUT2D eigenvalue weighted by Crippen LogP contribution is -2.36. The van der Waals surface area contributed by atoms with E-state index in [0.717, 1.165) is 24.8 Å². The van der Waals surface area contributed by atoms with Gasteiger partial charge in [0.05, 0.1) is 18.4 Å². The van der Waals surface area contributed by atoms with Crippen LogP contribution in [0, 0.1) is 0 Å². The Kier molecular flexibility index (Phi) is 5.36. The van der Waals surface area contributed by atoms with Crippen LogP contribution >= 0.6 is 0 Å². The standard InChI is InChI=1S/C15H21NO4S/c1-20-9-10-21(18,19)11-15(17)16-14-8-4-6-12-5-2-3-7-13(12)14/h2-3,5,7,14H,4,6,8-11H2,1H3,(H,16,17)/t14-/m0/s1. The Morgan fingerprint density at radius 3 is 2.90 bits per heavy atom. The van der Waals surface area contributed by atoms with Crippen molar-refractivity contribution in [1.82, 2.24) is 5.32 Å². The van der Waals surface area contributed by atoms with Gasteiger partial charge in [0, 0.05) is 7.11 Å². The van der Waals surface area contributed by atoms with Crippen molar-refractivity contribution in [3.05, 3.63) is 35.4 Å². The molecular weight excluding hydrogens is 290 g/mol. The van der Waals surface area contributed by atoms with Crippen LogP contribution in [0.15, 0.2) is 24.3 Å². The molecule has 0 aliphatic heterocycles. The van der Waals surface area contributed by atoms with Gasteiger partial charge in [-0.05, 0) is 30.4 Å². The van der Waals surface area contributed by atoms with E-state index in [0.29, 0.717) is 0 Å². The van der Waals surface area contributed by atoms with E-state index in [1.807, 2.05) is 18.2 Å². The maximum Gasteiger partial charge on any atom is 0.235 e. The highest BCUT2D eigenvalue weighted by Crippen LogP contribution is 2.29. The molecule has 0 heterocycles. The zero-order valence-electron chi connectivity index (χ0n) is 12.2. The molecule has 1 aromatic rings. The number of benzene rings is 1. The van der Waals surface area contributed by atoms with E-state index >= 15 is 0 Å². The second kappa shape index (κ2) is 7.04. The van der Waals surface area contributed by atoms with Crippen LogP contribution in [0.1, 0.15) is 30.0 Å². The van der Waals surface area contributed by atoms with E-state index in [1.54, 1.807) is 0 Å². The molecule has 0 spiro atoms. The molecule has 0 unspecified atom stereocenters. The Bertz CT molecular complexity index is 597. The summed E-state index contributed by atoms with van der Waals surface area (Å²) in [5.41, 5.74) is 2.34. The second-order valence-corrected chi connectivity index (χ2v) is 7.48. The van der Waals surface area contributed by atoms with Gasteiger partial charge in [0.2, 0.25) is 5.91 Å². The quantitative estimate of drug-likeness (QED) is 0.858. The molecule has 1 aliphatic rings. The van der Waals surface area contributed by atoms with Crippen molar-refractivity contribution in [3.8, 4) is 0 Å². The molecule has 1 atom stereocenters. The zero-order valence-corrected chi connectivity index (χ0v) is 13.0. The van der Waals surface area contributed by atoms with E-state index in [-0.39, 0.29) is 18.4 Å². The van der Waals surface area contributed by atoms with Gasteiger partial charge in [0.25, 0.3) is 0 Å². The minimum atomic E-state index is -3.41. The smallest absolute Gasteiger partial charge is 0.235 e. The topological polar surface area (TPSA) is 72.5 Å². The predicted octanol–water partition coefficient (Wildman–Crippen LogP) is 1.24. The van der Waals surface area contributed by atoms with Crippen LogP contribution in [-0.4, -0.2) is 39.5 Å². The van der Waals surface area contributed by atoms with Gasteiger partial charge in [-0.15, -0.1) is 0 Å². The molecule has 116 valence electrons. The second-order valence-electron chi connectivity index (χ2n) is 5.30. The van der Waals surface area contributed by atoms with Crippen LogP contribution in [0.3, 0.4) is 0 Å². The summed E-state index contributed by atoms with van der Waals surface area (Å²) in [7, 11) is -1.97. The lowest BCUT2D eigenvalue weighted by Gasteiger charge is -2.26. The third-order valence-corrected chi connectivity index (χ3v) is 5.14. The van der Waals surface area contributed by atoms with Crippen LogP contribution < -0.4 is 5.32 Å². The number of ether oxygens (including phenoxy) is 1. The largest absolute Gasteiger partial charge is 0.384 e. The number of nitrogens with one attached hydrogen (secondary N) is 1. The lowest BCUT2D eigenvalue weighted by atomic mass is 9.88. The fourth-order valence-electron chi connectivity index (χ4n) is 2.62. The number of rotatable bonds is 6. The number of carbonyl (C=O) groups is 1. The average molecular weight is 311 g/mol. The molecule has 6 heteroatoms. The number of hydrogen-bond acceptors (Lipinski definition) is 4. The maximum absolute atomic E-state index is 12.0. The van der Waals surface area contributed by atoms with E-state index in [1.165, 1.54) is 12.7 Å². The first-order valence-corrected chi connectivity index (χ1v) is 8.90. The molecule has 2 rings (SSSR count). The first-order valence-electron chi connectivity index (χ1n) is 7.08. The molecule has 0 aromatic heterocycles. The summed E-state index contributed by atoms with van der Waals surface area (Å²) in [6.07, 6.45) is 2.86. The van der Waals surface area contributed by atoms with Gasteiger partial charge < -0.3 is 10.1 Å². The average Bonchev–Trinajstić information content (AvgIpc) is 2.45. The fourth-order valence-corrected chi connectivity index (χ4v) is 3.67. The van der Waals surface area contributed by atoms with Gasteiger partial charge in [0.15, 0.2) is 9.84 Å². The maximum atomic E-state index is 12.0. The van der Waals surface area contributed by atoms with Gasteiger partial charge >= 0.3 is 0 Å². The van der Waals surface area contributed by atoms with Crippen LogP contribution in [0.25, 0.3) is 0 Å². The summed E-state index contributed by atoms with van der Waals surface area (Å²) in [5, 5.41) is 2.85. The number of carbonyl (C=O) groups excluding carboxylic acids is 1. The minimum Gasteiger partial charge on any atom is -0.384 e. The molecule has 1 aromatic carbocycles. The molecule has 1 aliphatic carbocycles. The molecule has 0 radical (unpaired) electrons. The van der Waals surface area contributed by atoms with Gasteiger partial charge in [-0.1, -0.05) is 24.3 Å². The highest BCUT2D eigenvalue weighted by atomic mass is 32.2. The van der Waals surface area contributed by atoms with E-state index in [2.05, 4.69) is 11.4 Å². The Morgan fingerprint density at radius 2 is 2.14 bits per heavy atom. The fraction of sp³-hybridized carbons (Fsp3) is 0.533. The minimum absolute atomic E-state index is 0.0833. The molecule has 1 amide bonds. The van der Waals surface area contributed by atoms with E-state index < -0.39 is 21.5 Å². The highest BCUT2D eigenvalue weighted by Gasteiger charge is 2.23. The normalized spacial score (nSPS) is 18.0. The molecule has 0 fully saturated rings. The van der Waals surface area contributed by atoms with Crippen molar-refractivity contribution in [3.63, 3.8) is 0 Å². The Hall–Kier alpha value is -1.40. The number of sulfone groups is 1. The number of hydrogen-bond donors (Lipinski definition) is 1. The molecular formula is C15H21NO4S. The third kappa shape index (κ3) is 4.54. The number of aryl methyl sites for hydroxylation is 1. The molecule has 0 bridgehead atoms. The zero-order chi connectivity index (χ0) is 15.3. The highest BCUT2D eigenvalue weighted by molar-refractivity contribution is 7.92. The first-order chi connectivity index (χ1) is 10.0. The van der Waals surface area contributed by atoms with Crippen LogP contribution in [0.2, 0.25) is 0 Å². The van der Waals surface area contributed by atoms with Crippen molar-refractivity contribution in [2.75, 3.05) is 25.2 Å². The predicted molar refractivity (Wildman–Crippen MR) is 80.8 cm³/mol. The van der Waals surface area contributed by atoms with Gasteiger partial charge in [-0.2, -0.15) is 0 Å². The van der Waals surface area contributed by atoms with Gasteiger partial charge in [-0.25, -0.2) is 8.42 Å². The van der Waals surface area contributed by atoms with Gasteiger partial charge in [0.1, 0.15) is 5.75 Å². The SMILES string of the molecule is COCCS(=O)(=O)CC(=O)N[C@H]1CCCc2ccccc21. The first kappa shape index (κ1) is 16.0. The van der Waals surface area contributed by atoms with Crippen molar-refractivity contribution in [2.45, 2.75) is 25.3 Å². The molecule has 21 heavy (non-hydrogen) atoms. The van der Waals surface area contributed by atoms with Gasteiger partial charge in [-0.3, -0.25) is 4.79 Å². The molecule has 1 N–H and O–H groups in total. The summed E-state index contributed by atoms with van der Waals surface area (Å²) in [6.45, 7) is 0.113.